The van der Waals surface area contributed by atoms with Crippen LogP contribution in [0.4, 0.5) is 10.5 Å². The van der Waals surface area contributed by atoms with Gasteiger partial charge in [0.15, 0.2) is 12.2 Å². The van der Waals surface area contributed by atoms with Gasteiger partial charge in [-0.25, -0.2) is 9.79 Å². The highest BCUT2D eigenvalue weighted by Crippen LogP contribution is 2.27. The van der Waals surface area contributed by atoms with Crippen LogP contribution in [-0.2, 0) is 4.74 Å². The minimum Gasteiger partial charge on any atom is -0.392 e. The van der Waals surface area contributed by atoms with Crippen LogP contribution in [0.1, 0.15) is 0 Å². The maximum absolute atomic E-state index is 10.7. The van der Waals surface area contributed by atoms with Gasteiger partial charge in [-0.1, -0.05) is 12.1 Å². The fraction of sp³-hybridized carbons (Fsp3) is 0. The second kappa shape index (κ2) is 2.65. The Morgan fingerprint density at radius 1 is 1.25 bits per heavy atom. The molecule has 0 bridgehead atoms. The van der Waals surface area contributed by atoms with Crippen LogP contribution in [0.3, 0.4) is 0 Å². The van der Waals surface area contributed by atoms with E-state index in [1.165, 1.54) is 0 Å². The van der Waals surface area contributed by atoms with E-state index in [-0.39, 0.29) is 0 Å². The number of fused-ring (bicyclic) bond motifs is 1. The predicted molar refractivity (Wildman–Crippen MR) is 41.7 cm³/mol. The standard InChI is InChI=1S/C8H5NO3/c10-8-11-5-9-6-3-1-2-4-7(6)12-8/h1-5H. The van der Waals surface area contributed by atoms with Gasteiger partial charge in [0.2, 0.25) is 0 Å². The van der Waals surface area contributed by atoms with Gasteiger partial charge in [-0.15, -0.1) is 0 Å². The molecule has 0 aliphatic carbocycles. The Labute approximate surface area is 68.4 Å². The summed E-state index contributed by atoms with van der Waals surface area (Å²) in [5, 5.41) is 0. The average Bonchev–Trinajstić information content (AvgIpc) is 2.25. The summed E-state index contributed by atoms with van der Waals surface area (Å²) in [6, 6.07) is 6.94. The number of carbonyl (C=O) groups excluding carboxylic acids is 1. The van der Waals surface area contributed by atoms with E-state index in [2.05, 4.69) is 9.73 Å². The van der Waals surface area contributed by atoms with Gasteiger partial charge in [0.1, 0.15) is 5.69 Å². The molecular formula is C8H5NO3. The Bertz CT molecular complexity index is 346. The first-order chi connectivity index (χ1) is 5.86. The summed E-state index contributed by atoms with van der Waals surface area (Å²) in [5.41, 5.74) is 0.586. The van der Waals surface area contributed by atoms with E-state index in [1.54, 1.807) is 24.3 Å². The van der Waals surface area contributed by atoms with E-state index in [0.29, 0.717) is 11.4 Å². The van der Waals surface area contributed by atoms with Crippen LogP contribution in [0.5, 0.6) is 5.75 Å². The SMILES string of the molecule is O=C1OC=Nc2ccccc2O1. The van der Waals surface area contributed by atoms with Crippen molar-refractivity contribution in [2.75, 3.05) is 0 Å². The zero-order valence-electron chi connectivity index (χ0n) is 6.06. The Hall–Kier alpha value is -1.84. The van der Waals surface area contributed by atoms with Gasteiger partial charge in [0.25, 0.3) is 0 Å². The number of benzene rings is 1. The molecule has 1 aromatic carbocycles. The van der Waals surface area contributed by atoms with Gasteiger partial charge in [0.05, 0.1) is 0 Å². The molecule has 0 fully saturated rings. The number of cyclic esters (lactones) is 1. The lowest BCUT2D eigenvalue weighted by molar-refractivity contribution is 0.152. The van der Waals surface area contributed by atoms with Crippen molar-refractivity contribution in [3.63, 3.8) is 0 Å². The zero-order chi connectivity index (χ0) is 8.39. The molecule has 0 radical (unpaired) electrons. The number of carbonyl (C=O) groups is 1. The van der Waals surface area contributed by atoms with Crippen molar-refractivity contribution in [2.45, 2.75) is 0 Å². The Morgan fingerprint density at radius 3 is 3.00 bits per heavy atom. The van der Waals surface area contributed by atoms with Gasteiger partial charge in [0, 0.05) is 0 Å². The molecule has 0 unspecified atom stereocenters. The quantitative estimate of drug-likeness (QED) is 0.433. The van der Waals surface area contributed by atoms with Crippen molar-refractivity contribution in [3.05, 3.63) is 24.3 Å². The minimum atomic E-state index is -0.760. The van der Waals surface area contributed by atoms with E-state index in [1.807, 2.05) is 0 Å². The number of ether oxygens (including phenoxy) is 2. The maximum atomic E-state index is 10.7. The van der Waals surface area contributed by atoms with Gasteiger partial charge in [-0.05, 0) is 12.1 Å². The van der Waals surface area contributed by atoms with Gasteiger partial charge < -0.3 is 9.47 Å². The Kier molecular flexibility index (Phi) is 1.51. The van der Waals surface area contributed by atoms with Gasteiger partial charge in [-0.2, -0.15) is 0 Å². The smallest absolute Gasteiger partial charge is 0.392 e. The largest absolute Gasteiger partial charge is 0.520 e. The molecule has 0 saturated carbocycles. The van der Waals surface area contributed by atoms with E-state index in [4.69, 9.17) is 4.74 Å². The monoisotopic (exact) mass is 163 g/mol. The summed E-state index contributed by atoms with van der Waals surface area (Å²) in [5.74, 6) is 0.413. The summed E-state index contributed by atoms with van der Waals surface area (Å²) < 4.78 is 9.20. The molecule has 1 aliphatic heterocycles. The summed E-state index contributed by atoms with van der Waals surface area (Å²) in [7, 11) is 0. The Balaban J connectivity index is 2.48. The third-order valence-electron chi connectivity index (χ3n) is 1.40. The minimum absolute atomic E-state index is 0.413. The van der Waals surface area contributed by atoms with Gasteiger partial charge in [-0.3, -0.25) is 0 Å². The van der Waals surface area contributed by atoms with Crippen molar-refractivity contribution in [3.8, 4) is 5.75 Å². The van der Waals surface area contributed by atoms with E-state index < -0.39 is 6.16 Å². The first-order valence-electron chi connectivity index (χ1n) is 3.36. The highest BCUT2D eigenvalue weighted by atomic mass is 16.7. The number of rotatable bonds is 0. The number of nitrogens with zero attached hydrogens (tertiary/aromatic N) is 1. The van der Waals surface area contributed by atoms with E-state index in [0.717, 1.165) is 6.40 Å². The van der Waals surface area contributed by atoms with Crippen LogP contribution in [0.25, 0.3) is 0 Å². The summed E-state index contributed by atoms with van der Waals surface area (Å²) in [4.78, 5) is 14.6. The van der Waals surface area contributed by atoms with Crippen molar-refractivity contribution >= 4 is 18.2 Å². The highest BCUT2D eigenvalue weighted by Gasteiger charge is 2.11. The molecule has 2 rings (SSSR count). The first-order valence-corrected chi connectivity index (χ1v) is 3.36. The first kappa shape index (κ1) is 6.84. The maximum Gasteiger partial charge on any atom is 0.520 e. The predicted octanol–water partition coefficient (Wildman–Crippen LogP) is 1.88. The molecule has 0 N–H and O–H groups in total. The molecule has 0 spiro atoms. The number of hydrogen-bond donors (Lipinski definition) is 0. The van der Waals surface area contributed by atoms with Crippen LogP contribution in [0.15, 0.2) is 29.3 Å². The van der Waals surface area contributed by atoms with E-state index in [9.17, 15) is 4.79 Å². The summed E-state index contributed by atoms with van der Waals surface area (Å²) in [6.45, 7) is 0. The lowest BCUT2D eigenvalue weighted by Crippen LogP contribution is -2.06. The average molecular weight is 163 g/mol. The molecule has 4 heteroatoms. The number of aliphatic imine (C=N–C) groups is 1. The molecule has 0 amide bonds. The lowest BCUT2D eigenvalue weighted by atomic mass is 10.3. The third-order valence-corrected chi connectivity index (χ3v) is 1.40. The molecule has 4 nitrogen and oxygen atoms in total. The molecule has 0 saturated heterocycles. The molecule has 1 aromatic rings. The number of para-hydroxylation sites is 2. The number of hydrogen-bond acceptors (Lipinski definition) is 4. The third kappa shape index (κ3) is 1.14. The molecule has 1 aliphatic rings. The van der Waals surface area contributed by atoms with Crippen LogP contribution < -0.4 is 4.74 Å². The van der Waals surface area contributed by atoms with Crippen LogP contribution in [0, 0.1) is 0 Å². The summed E-state index contributed by atoms with van der Waals surface area (Å²) in [6.07, 6.45) is 0.303. The fourth-order valence-electron chi connectivity index (χ4n) is 0.890. The van der Waals surface area contributed by atoms with Crippen LogP contribution in [-0.4, -0.2) is 12.6 Å². The van der Waals surface area contributed by atoms with Crippen molar-refractivity contribution in [1.82, 2.24) is 0 Å². The molecule has 0 aromatic heterocycles. The van der Waals surface area contributed by atoms with Crippen LogP contribution >= 0.6 is 0 Å². The highest BCUT2D eigenvalue weighted by molar-refractivity contribution is 5.79. The molecule has 12 heavy (non-hydrogen) atoms. The fourth-order valence-corrected chi connectivity index (χ4v) is 0.890. The zero-order valence-corrected chi connectivity index (χ0v) is 6.06. The normalized spacial score (nSPS) is 14.2. The summed E-state index contributed by atoms with van der Waals surface area (Å²) >= 11 is 0. The molecule has 1 heterocycles. The topological polar surface area (TPSA) is 47.9 Å². The molecule has 60 valence electrons. The Morgan fingerprint density at radius 2 is 2.08 bits per heavy atom. The van der Waals surface area contributed by atoms with Gasteiger partial charge >= 0.3 is 6.16 Å². The molecule has 0 atom stereocenters. The van der Waals surface area contributed by atoms with Crippen molar-refractivity contribution in [2.24, 2.45) is 4.99 Å². The van der Waals surface area contributed by atoms with Crippen molar-refractivity contribution in [1.29, 1.82) is 0 Å². The molecular weight excluding hydrogens is 158 g/mol. The second-order valence-electron chi connectivity index (χ2n) is 2.17. The lowest BCUT2D eigenvalue weighted by Gasteiger charge is -1.99. The van der Waals surface area contributed by atoms with Crippen molar-refractivity contribution < 1.29 is 14.3 Å². The van der Waals surface area contributed by atoms with E-state index >= 15 is 0 Å². The van der Waals surface area contributed by atoms with Crippen LogP contribution in [0.2, 0.25) is 0 Å². The second-order valence-corrected chi connectivity index (χ2v) is 2.17.